The molecule has 0 saturated heterocycles. The van der Waals surface area contributed by atoms with E-state index in [1.54, 1.807) is 49.5 Å². The summed E-state index contributed by atoms with van der Waals surface area (Å²) in [5.74, 6) is 4.43. The monoisotopic (exact) mass is 549 g/mol. The highest BCUT2D eigenvalue weighted by atomic mass is 19.1. The van der Waals surface area contributed by atoms with Gasteiger partial charge in [0, 0.05) is 52.0 Å². The molecular weight excluding hydrogens is 523 g/mol. The number of halogens is 1. The molecule has 3 N–H and O–H groups in total. The number of hydrogen-bond donors (Lipinski definition) is 2. The number of amides is 1. The number of carbonyl (C=O) groups is 1. The van der Waals surface area contributed by atoms with Gasteiger partial charge in [-0.1, -0.05) is 30.0 Å². The van der Waals surface area contributed by atoms with Gasteiger partial charge in [0.05, 0.1) is 23.2 Å². The fourth-order valence-electron chi connectivity index (χ4n) is 4.66. The van der Waals surface area contributed by atoms with Crippen LogP contribution < -0.4 is 16.6 Å². The van der Waals surface area contributed by atoms with E-state index in [0.717, 1.165) is 4.68 Å². The van der Waals surface area contributed by atoms with Gasteiger partial charge in [-0.25, -0.2) is 13.9 Å². The van der Waals surface area contributed by atoms with Crippen molar-refractivity contribution in [1.29, 1.82) is 0 Å². The predicted octanol–water partition coefficient (Wildman–Crippen LogP) is 3.38. The number of nitrogen functional groups attached to an aromatic ring is 1. The van der Waals surface area contributed by atoms with Crippen LogP contribution in [0.2, 0.25) is 0 Å². The van der Waals surface area contributed by atoms with Crippen LogP contribution in [0.25, 0.3) is 22.1 Å². The van der Waals surface area contributed by atoms with Crippen molar-refractivity contribution < 1.29 is 13.3 Å². The topological polar surface area (TPSA) is 125 Å². The largest absolute Gasteiger partial charge is 0.381 e. The van der Waals surface area contributed by atoms with E-state index in [0.29, 0.717) is 16.9 Å². The van der Waals surface area contributed by atoms with E-state index >= 15 is 4.39 Å². The maximum absolute atomic E-state index is 15.3. The highest BCUT2D eigenvalue weighted by molar-refractivity contribution is 6.04. The van der Waals surface area contributed by atoms with Gasteiger partial charge in [0.2, 0.25) is 0 Å². The molecule has 4 aromatic heterocycles. The van der Waals surface area contributed by atoms with Gasteiger partial charge < -0.3 is 11.1 Å². The van der Waals surface area contributed by atoms with Crippen LogP contribution >= 0.6 is 0 Å². The van der Waals surface area contributed by atoms with E-state index in [-0.39, 0.29) is 33.4 Å². The zero-order valence-electron chi connectivity index (χ0n) is 24.5. The van der Waals surface area contributed by atoms with Crippen LogP contribution in [0, 0.1) is 17.7 Å². The van der Waals surface area contributed by atoms with Crippen molar-refractivity contribution in [3.8, 4) is 17.5 Å². The van der Waals surface area contributed by atoms with E-state index in [4.69, 9.17) is 9.85 Å². The zero-order valence-corrected chi connectivity index (χ0v) is 21.5. The summed E-state index contributed by atoms with van der Waals surface area (Å²) in [4.78, 5) is 31.8. The van der Waals surface area contributed by atoms with Crippen LogP contribution in [0.3, 0.4) is 0 Å². The van der Waals surface area contributed by atoms with Crippen LogP contribution in [0.5, 0.6) is 0 Å². The lowest BCUT2D eigenvalue weighted by Gasteiger charge is -2.21. The molecule has 0 spiro atoms. The Kier molecular flexibility index (Phi) is 5.44. The third-order valence-corrected chi connectivity index (χ3v) is 6.54. The fourth-order valence-corrected chi connectivity index (χ4v) is 4.66. The van der Waals surface area contributed by atoms with Crippen molar-refractivity contribution in [3.63, 3.8) is 0 Å². The fraction of sp³-hybridized carbons (Fsp3) is 0.100. The first-order valence-electron chi connectivity index (χ1n) is 13.9. The summed E-state index contributed by atoms with van der Waals surface area (Å²) in [6, 6.07) is 13.6. The quantitative estimate of drug-likeness (QED) is 0.325. The molecule has 0 bridgehead atoms. The smallest absolute Gasteiger partial charge is 0.264 e. The molecule has 0 fully saturated rings. The number of hydrogen-bond acceptors (Lipinski definition) is 6. The molecule has 0 radical (unpaired) electrons. The molecule has 0 aliphatic rings. The van der Waals surface area contributed by atoms with Crippen molar-refractivity contribution in [2.75, 3.05) is 5.73 Å². The molecule has 4 heterocycles. The molecule has 202 valence electrons. The first kappa shape index (κ1) is 22.1. The lowest BCUT2D eigenvalue weighted by atomic mass is 10.0. The number of fused-ring (bicyclic) bond motifs is 2. The highest BCUT2D eigenvalue weighted by Crippen LogP contribution is 2.26. The second-order valence-electron chi connectivity index (χ2n) is 9.20. The number of nitrogens with one attached hydrogen (secondary N) is 1. The SMILES string of the molecule is [2H]C([2H])([2H])n1cc(C#Cc2ccc(F)c3cc([C@H](C)NC(=O)c4c(N)nn5cccnc45)n(-c4ccccc4)c(=O)c23)cn1. The van der Waals surface area contributed by atoms with Gasteiger partial charge in [0.1, 0.15) is 11.4 Å². The molecule has 6 rings (SSSR count). The second kappa shape index (κ2) is 10.1. The summed E-state index contributed by atoms with van der Waals surface area (Å²) in [5, 5.41) is 10.8. The molecule has 11 heteroatoms. The average molecular weight is 550 g/mol. The van der Waals surface area contributed by atoms with Crippen LogP contribution in [0.4, 0.5) is 10.2 Å². The third-order valence-electron chi connectivity index (χ3n) is 6.54. The Bertz CT molecular complexity index is 2190. The molecule has 0 aliphatic carbocycles. The van der Waals surface area contributed by atoms with Gasteiger partial charge in [0.15, 0.2) is 11.5 Å². The number of rotatable bonds is 4. The first-order chi connectivity index (χ1) is 21.0. The van der Waals surface area contributed by atoms with Gasteiger partial charge in [0.25, 0.3) is 11.5 Å². The second-order valence-corrected chi connectivity index (χ2v) is 9.20. The zero-order chi connectivity index (χ0) is 31.2. The molecule has 6 aromatic rings. The van der Waals surface area contributed by atoms with Crippen LogP contribution in [0.1, 0.15) is 44.3 Å². The van der Waals surface area contributed by atoms with Crippen molar-refractivity contribution in [2.24, 2.45) is 6.98 Å². The van der Waals surface area contributed by atoms with E-state index in [9.17, 15) is 9.59 Å². The van der Waals surface area contributed by atoms with E-state index in [1.807, 2.05) is 0 Å². The van der Waals surface area contributed by atoms with Crippen molar-refractivity contribution >= 4 is 28.1 Å². The Morgan fingerprint density at radius 2 is 2.00 bits per heavy atom. The number of aryl methyl sites for hydroxylation is 1. The molecule has 1 atom stereocenters. The molecular formula is C30H23FN8O2. The van der Waals surface area contributed by atoms with Gasteiger partial charge in [-0.2, -0.15) is 5.10 Å². The number of benzene rings is 2. The third kappa shape index (κ3) is 4.57. The van der Waals surface area contributed by atoms with Crippen molar-refractivity contribution in [2.45, 2.75) is 13.0 Å². The van der Waals surface area contributed by atoms with E-state index in [1.165, 1.54) is 45.9 Å². The standard InChI is InChI=1S/C30H23FN8O2/c1-18(35-29(40)26-27(32)36-38-14-6-13-33-28(26)38)24-15-22-23(31)12-11-20(10-9-19-16-34-37(2)17-19)25(22)30(41)39(24)21-7-4-3-5-8-21/h3-8,11-18H,1-2H3,(H2,32,36)(H,35,40)/t18-/m0/s1/i2D3. The molecule has 1 amide bonds. The Balaban J connectivity index is 1.48. The van der Waals surface area contributed by atoms with Gasteiger partial charge >= 0.3 is 0 Å². The van der Waals surface area contributed by atoms with Crippen LogP contribution in [0.15, 0.2) is 84.2 Å². The number of pyridine rings is 1. The molecule has 0 saturated carbocycles. The molecule has 0 aliphatic heterocycles. The van der Waals surface area contributed by atoms with Gasteiger partial charge in [-0.05, 0) is 43.3 Å². The maximum Gasteiger partial charge on any atom is 0.264 e. The Labute approximate surface area is 237 Å². The van der Waals surface area contributed by atoms with E-state index < -0.39 is 30.3 Å². The number of nitrogens with zero attached hydrogens (tertiary/aromatic N) is 6. The summed E-state index contributed by atoms with van der Waals surface area (Å²) < 4.78 is 41.4. The molecule has 2 aromatic carbocycles. The average Bonchev–Trinajstić information content (AvgIpc) is 3.61. The summed E-state index contributed by atoms with van der Waals surface area (Å²) in [6.07, 6.45) is 5.68. The molecule has 41 heavy (non-hydrogen) atoms. The van der Waals surface area contributed by atoms with Crippen molar-refractivity contribution in [1.82, 2.24) is 34.3 Å². The normalized spacial score (nSPS) is 13.2. The number of para-hydroxylation sites is 1. The summed E-state index contributed by atoms with van der Waals surface area (Å²) in [7, 11) is 0. The summed E-state index contributed by atoms with van der Waals surface area (Å²) in [5.41, 5.74) is 7.10. The van der Waals surface area contributed by atoms with Crippen LogP contribution in [-0.4, -0.2) is 34.9 Å². The Hall–Kier alpha value is -5.76. The highest BCUT2D eigenvalue weighted by Gasteiger charge is 2.24. The Morgan fingerprint density at radius 1 is 1.17 bits per heavy atom. The predicted molar refractivity (Wildman–Crippen MR) is 152 cm³/mol. The Morgan fingerprint density at radius 3 is 2.78 bits per heavy atom. The minimum atomic E-state index is -2.47. The van der Waals surface area contributed by atoms with Gasteiger partial charge in [-0.15, -0.1) is 5.10 Å². The first-order valence-corrected chi connectivity index (χ1v) is 12.4. The summed E-state index contributed by atoms with van der Waals surface area (Å²) in [6.45, 7) is -0.806. The van der Waals surface area contributed by atoms with E-state index in [2.05, 4.69) is 32.3 Å². The number of nitrogens with two attached hydrogens (primary N) is 1. The molecule has 10 nitrogen and oxygen atoms in total. The number of carbonyl (C=O) groups excluding carboxylic acids is 1. The van der Waals surface area contributed by atoms with Crippen LogP contribution in [-0.2, 0) is 6.98 Å². The number of anilines is 1. The minimum Gasteiger partial charge on any atom is -0.381 e. The van der Waals surface area contributed by atoms with Crippen molar-refractivity contribution in [3.05, 3.63) is 118 Å². The molecule has 0 unspecified atom stereocenters. The minimum absolute atomic E-state index is 0.000399. The van der Waals surface area contributed by atoms with Gasteiger partial charge in [-0.3, -0.25) is 18.8 Å². The number of aromatic nitrogens is 6. The maximum atomic E-state index is 15.3. The lowest BCUT2D eigenvalue weighted by molar-refractivity contribution is 0.0941. The summed E-state index contributed by atoms with van der Waals surface area (Å²) >= 11 is 0. The lowest BCUT2D eigenvalue weighted by Crippen LogP contribution is -2.32.